The quantitative estimate of drug-likeness (QED) is 0.564. The number of rotatable bonds is 7. The van der Waals surface area contributed by atoms with Gasteiger partial charge in [-0.3, -0.25) is 4.99 Å². The maximum absolute atomic E-state index is 5.89. The minimum atomic E-state index is 0.224. The number of aromatic nitrogens is 1. The third-order valence-electron chi connectivity index (χ3n) is 4.39. The molecule has 27 heavy (non-hydrogen) atoms. The molecule has 1 aromatic carbocycles. The lowest BCUT2D eigenvalue weighted by Crippen LogP contribution is -2.38. The van der Waals surface area contributed by atoms with Gasteiger partial charge in [0, 0.05) is 49.5 Å². The highest BCUT2D eigenvalue weighted by Crippen LogP contribution is 2.35. The van der Waals surface area contributed by atoms with Gasteiger partial charge in [0.2, 0.25) is 0 Å². The largest absolute Gasteiger partial charge is 0.494 e. The van der Waals surface area contributed by atoms with Crippen molar-refractivity contribution >= 4 is 17.3 Å². The lowest BCUT2D eigenvalue weighted by molar-refractivity contribution is 0.254. The molecule has 1 aliphatic rings. The zero-order valence-electron chi connectivity index (χ0n) is 16.5. The summed E-state index contributed by atoms with van der Waals surface area (Å²) in [5.41, 5.74) is 3.41. The Morgan fingerprint density at radius 3 is 2.96 bits per heavy atom. The van der Waals surface area contributed by atoms with Gasteiger partial charge < -0.3 is 20.1 Å². The first-order valence-electron chi connectivity index (χ1n) is 9.39. The van der Waals surface area contributed by atoms with Crippen LogP contribution in [0.15, 0.2) is 22.5 Å². The lowest BCUT2D eigenvalue weighted by atomic mass is 10.1. The molecule has 2 aromatic rings. The summed E-state index contributed by atoms with van der Waals surface area (Å²) in [6.45, 7) is 8.17. The Morgan fingerprint density at radius 1 is 1.41 bits per heavy atom. The first-order chi connectivity index (χ1) is 13.1. The predicted molar refractivity (Wildman–Crippen MR) is 110 cm³/mol. The number of aliphatic imine (C=N–C) groups is 1. The Bertz CT molecular complexity index is 803. The van der Waals surface area contributed by atoms with Crippen molar-refractivity contribution in [3.05, 3.63) is 39.3 Å². The van der Waals surface area contributed by atoms with E-state index in [9.17, 15) is 0 Å². The van der Waals surface area contributed by atoms with Gasteiger partial charge in [-0.25, -0.2) is 4.98 Å². The van der Waals surface area contributed by atoms with Gasteiger partial charge in [0.05, 0.1) is 17.3 Å². The third-order valence-corrected chi connectivity index (χ3v) is 5.21. The molecule has 0 radical (unpaired) electrons. The first-order valence-corrected chi connectivity index (χ1v) is 10.3. The van der Waals surface area contributed by atoms with Crippen LogP contribution in [0.3, 0.4) is 0 Å². The van der Waals surface area contributed by atoms with Crippen molar-refractivity contribution in [3.8, 4) is 11.5 Å². The minimum absolute atomic E-state index is 0.224. The van der Waals surface area contributed by atoms with E-state index in [0.717, 1.165) is 53.1 Å². The van der Waals surface area contributed by atoms with Gasteiger partial charge in [-0.2, -0.15) is 0 Å². The Hall–Kier alpha value is -2.28. The number of hydrogen-bond donors (Lipinski definition) is 2. The second-order valence-electron chi connectivity index (χ2n) is 6.59. The van der Waals surface area contributed by atoms with E-state index in [-0.39, 0.29) is 6.10 Å². The zero-order chi connectivity index (χ0) is 19.2. The van der Waals surface area contributed by atoms with Crippen LogP contribution < -0.4 is 20.1 Å². The van der Waals surface area contributed by atoms with Crippen LogP contribution >= 0.6 is 11.3 Å². The van der Waals surface area contributed by atoms with Crippen LogP contribution in [0.1, 0.15) is 35.7 Å². The van der Waals surface area contributed by atoms with Crippen LogP contribution in [0.5, 0.6) is 11.5 Å². The van der Waals surface area contributed by atoms with E-state index in [1.54, 1.807) is 18.4 Å². The summed E-state index contributed by atoms with van der Waals surface area (Å²) in [5.74, 6) is 2.64. The number of hydrogen-bond acceptors (Lipinski definition) is 5. The van der Waals surface area contributed by atoms with Gasteiger partial charge in [0.1, 0.15) is 17.6 Å². The Kier molecular flexibility index (Phi) is 6.55. The number of fused-ring (bicyclic) bond motifs is 1. The Balaban J connectivity index is 1.58. The average molecular weight is 389 g/mol. The summed E-state index contributed by atoms with van der Waals surface area (Å²) in [6.07, 6.45) is 2.03. The number of nitrogens with one attached hydrogen (secondary N) is 2. The molecule has 0 fully saturated rings. The number of guanidine groups is 1. The minimum Gasteiger partial charge on any atom is -0.494 e. The monoisotopic (exact) mass is 388 g/mol. The van der Waals surface area contributed by atoms with Gasteiger partial charge in [0.25, 0.3) is 0 Å². The van der Waals surface area contributed by atoms with Crippen LogP contribution in [-0.4, -0.2) is 37.2 Å². The second kappa shape index (κ2) is 9.08. The first kappa shape index (κ1) is 19.5. The number of aryl methyl sites for hydroxylation is 1. The zero-order valence-corrected chi connectivity index (χ0v) is 17.3. The molecular formula is C20H28N4O2S. The summed E-state index contributed by atoms with van der Waals surface area (Å²) < 4.78 is 11.7. The van der Waals surface area contributed by atoms with E-state index in [1.807, 2.05) is 13.8 Å². The van der Waals surface area contributed by atoms with E-state index in [4.69, 9.17) is 9.47 Å². The van der Waals surface area contributed by atoms with Gasteiger partial charge in [-0.15, -0.1) is 11.3 Å². The summed E-state index contributed by atoms with van der Waals surface area (Å²) in [4.78, 5) is 8.79. The van der Waals surface area contributed by atoms with E-state index in [2.05, 4.69) is 45.0 Å². The van der Waals surface area contributed by atoms with Crippen LogP contribution in [0.25, 0.3) is 0 Å². The number of ether oxygens (including phenoxy) is 2. The smallest absolute Gasteiger partial charge is 0.191 e. The molecule has 0 amide bonds. The van der Waals surface area contributed by atoms with Gasteiger partial charge in [-0.05, 0) is 32.9 Å². The van der Waals surface area contributed by atoms with Gasteiger partial charge in [0.15, 0.2) is 5.96 Å². The molecule has 1 aromatic heterocycles. The predicted octanol–water partition coefficient (Wildman–Crippen LogP) is 3.08. The van der Waals surface area contributed by atoms with Crippen molar-refractivity contribution < 1.29 is 9.47 Å². The van der Waals surface area contributed by atoms with E-state index >= 15 is 0 Å². The molecule has 1 atom stereocenters. The summed E-state index contributed by atoms with van der Waals surface area (Å²) in [5, 5.41) is 9.91. The SMILES string of the molecule is CCOc1cc2c(cc1CNC(=NC)NCCc1csc(C)n1)OC(C)C2. The fraction of sp³-hybridized carbons (Fsp3) is 0.500. The molecule has 2 heterocycles. The topological polar surface area (TPSA) is 67.8 Å². The summed E-state index contributed by atoms with van der Waals surface area (Å²) in [6, 6.07) is 4.20. The molecule has 2 N–H and O–H groups in total. The molecule has 1 unspecified atom stereocenters. The molecule has 0 bridgehead atoms. The van der Waals surface area contributed by atoms with E-state index in [1.165, 1.54) is 5.56 Å². The molecule has 0 saturated heterocycles. The van der Waals surface area contributed by atoms with E-state index in [0.29, 0.717) is 13.2 Å². The van der Waals surface area contributed by atoms with Crippen LogP contribution in [0, 0.1) is 6.92 Å². The average Bonchev–Trinajstić information content (AvgIpc) is 3.22. The molecule has 1 aliphatic heterocycles. The number of thiazole rings is 1. The van der Waals surface area contributed by atoms with Crippen molar-refractivity contribution in [2.45, 2.75) is 46.3 Å². The van der Waals surface area contributed by atoms with Crippen molar-refractivity contribution in [3.63, 3.8) is 0 Å². The molecule has 146 valence electrons. The Labute approximate surface area is 165 Å². The van der Waals surface area contributed by atoms with Gasteiger partial charge >= 0.3 is 0 Å². The highest BCUT2D eigenvalue weighted by molar-refractivity contribution is 7.09. The molecular weight excluding hydrogens is 360 g/mol. The molecule has 0 saturated carbocycles. The maximum Gasteiger partial charge on any atom is 0.191 e. The summed E-state index contributed by atoms with van der Waals surface area (Å²) >= 11 is 1.68. The number of nitrogens with zero attached hydrogens (tertiary/aromatic N) is 2. The van der Waals surface area contributed by atoms with Crippen molar-refractivity contribution in [1.82, 2.24) is 15.6 Å². The van der Waals surface area contributed by atoms with Crippen LogP contribution in [0.2, 0.25) is 0 Å². The Morgan fingerprint density at radius 2 is 2.26 bits per heavy atom. The van der Waals surface area contributed by atoms with Crippen molar-refractivity contribution in [2.75, 3.05) is 20.2 Å². The molecule has 3 rings (SSSR count). The normalized spacial score (nSPS) is 16.0. The lowest BCUT2D eigenvalue weighted by Gasteiger charge is -2.15. The van der Waals surface area contributed by atoms with E-state index < -0.39 is 0 Å². The van der Waals surface area contributed by atoms with Crippen molar-refractivity contribution in [1.29, 1.82) is 0 Å². The second-order valence-corrected chi connectivity index (χ2v) is 7.66. The highest BCUT2D eigenvalue weighted by Gasteiger charge is 2.21. The molecule has 7 heteroatoms. The fourth-order valence-electron chi connectivity index (χ4n) is 3.14. The van der Waals surface area contributed by atoms with Gasteiger partial charge in [-0.1, -0.05) is 0 Å². The third kappa shape index (κ3) is 5.13. The highest BCUT2D eigenvalue weighted by atomic mass is 32.1. The number of benzene rings is 1. The fourth-order valence-corrected chi connectivity index (χ4v) is 3.79. The molecule has 6 nitrogen and oxygen atoms in total. The molecule has 0 aliphatic carbocycles. The molecule has 0 spiro atoms. The van der Waals surface area contributed by atoms with Crippen LogP contribution in [-0.2, 0) is 19.4 Å². The standard InChI is InChI=1S/C20H28N4O2S/c1-5-25-18-9-15-8-13(2)26-19(15)10-16(18)11-23-20(21-4)22-7-6-17-12-27-14(3)24-17/h9-10,12-13H,5-8,11H2,1-4H3,(H2,21,22,23). The maximum atomic E-state index is 5.89. The van der Waals surface area contributed by atoms with Crippen molar-refractivity contribution in [2.24, 2.45) is 4.99 Å². The van der Waals surface area contributed by atoms with Crippen LogP contribution in [0.4, 0.5) is 0 Å². The summed E-state index contributed by atoms with van der Waals surface area (Å²) in [7, 11) is 1.78.